The number of fused-ring (bicyclic) bond motifs is 1. The Morgan fingerprint density at radius 3 is 2.67 bits per heavy atom. The molecule has 0 bridgehead atoms. The number of aromatic nitrogens is 5. The Hall–Kier alpha value is -3.09. The molecule has 2 aliphatic rings. The van der Waals surface area contributed by atoms with Crippen LogP contribution in [0.4, 0.5) is 8.78 Å². The van der Waals surface area contributed by atoms with E-state index in [-0.39, 0.29) is 5.56 Å². The van der Waals surface area contributed by atoms with Crippen LogP contribution in [-0.4, -0.2) is 24.1 Å². The van der Waals surface area contributed by atoms with E-state index < -0.39 is 11.6 Å². The highest BCUT2D eigenvalue weighted by Crippen LogP contribution is 2.45. The van der Waals surface area contributed by atoms with Crippen molar-refractivity contribution < 1.29 is 8.78 Å². The number of aryl methyl sites for hydroxylation is 1. The summed E-state index contributed by atoms with van der Waals surface area (Å²) in [5.74, 6) is 0.430. The maximum absolute atomic E-state index is 14.4. The summed E-state index contributed by atoms with van der Waals surface area (Å²) in [7, 11) is 0. The Morgan fingerprint density at radius 1 is 1.07 bits per heavy atom. The predicted molar refractivity (Wildman–Crippen MR) is 109 cm³/mol. The van der Waals surface area contributed by atoms with E-state index in [2.05, 4.69) is 30.2 Å². The zero-order valence-electron chi connectivity index (χ0n) is 16.6. The summed E-state index contributed by atoms with van der Waals surface area (Å²) in [5.41, 5.74) is 4.64. The van der Waals surface area contributed by atoms with Gasteiger partial charge in [0.15, 0.2) is 5.65 Å². The fourth-order valence-electron chi connectivity index (χ4n) is 4.40. The molecule has 7 heteroatoms. The second-order valence-electron chi connectivity index (χ2n) is 8.45. The summed E-state index contributed by atoms with van der Waals surface area (Å²) in [6.45, 7) is 2.62. The van der Waals surface area contributed by atoms with Crippen molar-refractivity contribution in [2.24, 2.45) is 0 Å². The Balaban J connectivity index is 1.41. The third-order valence-corrected chi connectivity index (χ3v) is 6.07. The molecule has 0 saturated heterocycles. The van der Waals surface area contributed by atoms with E-state index in [4.69, 9.17) is 0 Å². The summed E-state index contributed by atoms with van der Waals surface area (Å²) >= 11 is 0. The Morgan fingerprint density at radius 2 is 1.90 bits per heavy atom. The number of hydrogen-bond donors (Lipinski definition) is 0. The summed E-state index contributed by atoms with van der Waals surface area (Å²) in [6.07, 6.45) is 8.05. The molecule has 0 spiro atoms. The summed E-state index contributed by atoms with van der Waals surface area (Å²) in [4.78, 5) is 13.7. The molecule has 4 aromatic rings. The lowest BCUT2D eigenvalue weighted by atomic mass is 10.1. The van der Waals surface area contributed by atoms with Crippen molar-refractivity contribution in [1.29, 1.82) is 0 Å². The van der Waals surface area contributed by atoms with Gasteiger partial charge in [0.2, 0.25) is 0 Å². The third-order valence-electron chi connectivity index (χ3n) is 6.07. The number of pyridine rings is 1. The lowest BCUT2D eigenvalue weighted by molar-refractivity contribution is 0.602. The maximum Gasteiger partial charge on any atom is 0.177 e. The van der Waals surface area contributed by atoms with Crippen LogP contribution < -0.4 is 0 Å². The summed E-state index contributed by atoms with van der Waals surface area (Å²) in [6, 6.07) is 6.22. The van der Waals surface area contributed by atoms with Crippen LogP contribution in [0, 0.1) is 18.6 Å². The van der Waals surface area contributed by atoms with Gasteiger partial charge in [-0.05, 0) is 62.4 Å². The highest BCUT2D eigenvalue weighted by Gasteiger charge is 2.32. The van der Waals surface area contributed by atoms with E-state index in [0.717, 1.165) is 47.2 Å². The van der Waals surface area contributed by atoms with Gasteiger partial charge in [-0.3, -0.25) is 0 Å². The van der Waals surface area contributed by atoms with Crippen molar-refractivity contribution in [2.45, 2.75) is 51.1 Å². The second kappa shape index (κ2) is 6.45. The molecule has 2 saturated carbocycles. The van der Waals surface area contributed by atoms with Crippen LogP contribution >= 0.6 is 0 Å². The largest absolute Gasteiger partial charge is 0.329 e. The average Bonchev–Trinajstić information content (AvgIpc) is 3.66. The molecule has 0 radical (unpaired) electrons. The van der Waals surface area contributed by atoms with E-state index in [0.29, 0.717) is 24.2 Å². The first-order chi connectivity index (χ1) is 14.6. The number of imidazole rings is 2. The molecule has 0 aliphatic heterocycles. The van der Waals surface area contributed by atoms with Gasteiger partial charge in [0.05, 0.1) is 24.1 Å². The highest BCUT2D eigenvalue weighted by atomic mass is 19.1. The predicted octanol–water partition coefficient (Wildman–Crippen LogP) is 5.14. The normalized spacial score (nSPS) is 16.5. The lowest BCUT2D eigenvalue weighted by Gasteiger charge is -2.11. The van der Waals surface area contributed by atoms with Gasteiger partial charge in [-0.2, -0.15) is 0 Å². The van der Waals surface area contributed by atoms with Crippen LogP contribution in [0.1, 0.15) is 54.7 Å². The van der Waals surface area contributed by atoms with Gasteiger partial charge < -0.3 is 9.13 Å². The quantitative estimate of drug-likeness (QED) is 0.462. The molecule has 3 aromatic heterocycles. The maximum atomic E-state index is 14.4. The van der Waals surface area contributed by atoms with Crippen molar-refractivity contribution in [2.75, 3.05) is 0 Å². The van der Waals surface area contributed by atoms with Crippen molar-refractivity contribution >= 4 is 11.2 Å². The fraction of sp³-hybridized carbons (Fsp3) is 0.348. The smallest absolute Gasteiger partial charge is 0.177 e. The van der Waals surface area contributed by atoms with Crippen LogP contribution in [-0.2, 0) is 6.54 Å². The van der Waals surface area contributed by atoms with Gasteiger partial charge in [-0.15, -0.1) is 0 Å². The van der Waals surface area contributed by atoms with Crippen molar-refractivity contribution in [3.63, 3.8) is 0 Å². The zero-order valence-corrected chi connectivity index (χ0v) is 16.6. The Labute approximate surface area is 172 Å². The van der Waals surface area contributed by atoms with Crippen molar-refractivity contribution in [3.05, 3.63) is 65.5 Å². The van der Waals surface area contributed by atoms with E-state index >= 15 is 0 Å². The Kier molecular flexibility index (Phi) is 3.82. The number of nitrogens with zero attached hydrogens (tertiary/aromatic N) is 5. The minimum atomic E-state index is -0.457. The summed E-state index contributed by atoms with van der Waals surface area (Å²) < 4.78 is 32.5. The Bertz CT molecular complexity index is 1280. The van der Waals surface area contributed by atoms with Gasteiger partial charge in [0.25, 0.3) is 0 Å². The molecule has 6 rings (SSSR count). The second-order valence-corrected chi connectivity index (χ2v) is 8.45. The number of rotatable bonds is 5. The highest BCUT2D eigenvalue weighted by molar-refractivity contribution is 5.73. The molecule has 0 amide bonds. The first-order valence-corrected chi connectivity index (χ1v) is 10.4. The van der Waals surface area contributed by atoms with Gasteiger partial charge in [-0.1, -0.05) is 0 Å². The molecule has 1 aromatic carbocycles. The molecule has 3 heterocycles. The van der Waals surface area contributed by atoms with Gasteiger partial charge in [0, 0.05) is 29.4 Å². The average molecular weight is 405 g/mol. The van der Waals surface area contributed by atoms with Gasteiger partial charge in [-0.25, -0.2) is 23.7 Å². The number of benzene rings is 1. The monoisotopic (exact) mass is 405 g/mol. The standard InChI is InChI=1S/C23H21F2N5/c1-13-28-23-20(30(13)17-5-6-17)8-14(10-26-23)11-29-12-27-21(22(29)15-2-3-15)18-9-16(24)4-7-19(18)25/h4,7-10,12,15,17H,2-3,5-6,11H2,1H3. The van der Waals surface area contributed by atoms with Crippen LogP contribution in [0.2, 0.25) is 0 Å². The SMILES string of the molecule is Cc1nc2ncc(Cn3cnc(-c4cc(F)ccc4F)c3C3CC3)cc2n1C1CC1. The van der Waals surface area contributed by atoms with E-state index in [1.165, 1.54) is 25.0 Å². The molecule has 0 atom stereocenters. The molecule has 2 aliphatic carbocycles. The van der Waals surface area contributed by atoms with Crippen LogP contribution in [0.15, 0.2) is 36.8 Å². The lowest BCUT2D eigenvalue weighted by Crippen LogP contribution is -2.04. The third kappa shape index (κ3) is 2.91. The van der Waals surface area contributed by atoms with Gasteiger partial charge >= 0.3 is 0 Å². The van der Waals surface area contributed by atoms with Gasteiger partial charge in [0.1, 0.15) is 17.5 Å². The first kappa shape index (κ1) is 17.7. The molecule has 0 unspecified atom stereocenters. The minimum absolute atomic E-state index is 0.228. The molecule has 152 valence electrons. The van der Waals surface area contributed by atoms with E-state index in [1.54, 1.807) is 6.33 Å². The number of hydrogen-bond acceptors (Lipinski definition) is 3. The first-order valence-electron chi connectivity index (χ1n) is 10.4. The molecule has 0 N–H and O–H groups in total. The minimum Gasteiger partial charge on any atom is -0.329 e. The van der Waals surface area contributed by atoms with E-state index in [9.17, 15) is 8.78 Å². The molecule has 2 fully saturated rings. The van der Waals surface area contributed by atoms with Crippen molar-refractivity contribution in [3.8, 4) is 11.3 Å². The zero-order chi connectivity index (χ0) is 20.4. The molecule has 5 nitrogen and oxygen atoms in total. The van der Waals surface area contributed by atoms with Crippen LogP contribution in [0.25, 0.3) is 22.4 Å². The van der Waals surface area contributed by atoms with Crippen LogP contribution in [0.3, 0.4) is 0 Å². The molecule has 30 heavy (non-hydrogen) atoms. The molecular weight excluding hydrogens is 384 g/mol. The van der Waals surface area contributed by atoms with Crippen LogP contribution in [0.5, 0.6) is 0 Å². The fourth-order valence-corrected chi connectivity index (χ4v) is 4.40. The topological polar surface area (TPSA) is 48.5 Å². The van der Waals surface area contributed by atoms with E-state index in [1.807, 2.05) is 13.1 Å². The molecular formula is C23H21F2N5. The summed E-state index contributed by atoms with van der Waals surface area (Å²) in [5, 5.41) is 0. The van der Waals surface area contributed by atoms with Crippen molar-refractivity contribution in [1.82, 2.24) is 24.1 Å². The number of halogens is 2.